The molecule has 190 valence electrons. The van der Waals surface area contributed by atoms with Crippen LogP contribution in [0.5, 0.6) is 5.88 Å². The van der Waals surface area contributed by atoms with Crippen LogP contribution in [0.25, 0.3) is 0 Å². The standard InChI is InChI=1S/C24H23ClF3N5O2S/c1-32(2)16-11-33(12-16)23-30-10-20(22(31-23)35-13-14-4-3-5-15(25)8-14)36-17-6-7-18(21(29)34)19(9-17)24(26,27)28/h3-10,16H,11-13H2,1-2H3,(H2,29,34). The van der Waals surface area contributed by atoms with Gasteiger partial charge in [-0.15, -0.1) is 0 Å². The molecular formula is C24H23ClF3N5O2S. The largest absolute Gasteiger partial charge is 0.472 e. The van der Waals surface area contributed by atoms with E-state index in [9.17, 15) is 18.0 Å². The number of hydrogen-bond donors (Lipinski definition) is 1. The van der Waals surface area contributed by atoms with Gasteiger partial charge in [0.2, 0.25) is 17.7 Å². The van der Waals surface area contributed by atoms with Crippen LogP contribution in [0, 0.1) is 0 Å². The van der Waals surface area contributed by atoms with Crippen molar-refractivity contribution in [3.05, 3.63) is 70.4 Å². The van der Waals surface area contributed by atoms with Gasteiger partial charge in [-0.3, -0.25) is 4.79 Å². The fourth-order valence-corrected chi connectivity index (χ4v) is 4.64. The maximum atomic E-state index is 13.5. The smallest absolute Gasteiger partial charge is 0.417 e. The van der Waals surface area contributed by atoms with Crippen LogP contribution in [-0.2, 0) is 12.8 Å². The molecule has 3 aromatic rings. The number of alkyl halides is 3. The molecule has 0 bridgehead atoms. The summed E-state index contributed by atoms with van der Waals surface area (Å²) in [7, 11) is 4.00. The Kier molecular flexibility index (Phi) is 7.62. The number of ether oxygens (including phenoxy) is 1. The van der Waals surface area contributed by atoms with Crippen molar-refractivity contribution in [1.29, 1.82) is 0 Å². The molecule has 7 nitrogen and oxygen atoms in total. The molecule has 0 saturated carbocycles. The number of nitrogens with two attached hydrogens (primary N) is 1. The van der Waals surface area contributed by atoms with Crippen LogP contribution in [0.15, 0.2) is 58.5 Å². The third-order valence-corrected chi connectivity index (χ3v) is 6.86. The highest BCUT2D eigenvalue weighted by Crippen LogP contribution is 2.39. The molecule has 1 saturated heterocycles. The van der Waals surface area contributed by atoms with E-state index in [-0.39, 0.29) is 17.4 Å². The van der Waals surface area contributed by atoms with E-state index in [1.807, 2.05) is 25.1 Å². The molecule has 12 heteroatoms. The van der Waals surface area contributed by atoms with Crippen molar-refractivity contribution in [2.45, 2.75) is 28.6 Å². The molecule has 1 amide bonds. The molecule has 2 aromatic carbocycles. The van der Waals surface area contributed by atoms with Crippen molar-refractivity contribution < 1.29 is 22.7 Å². The minimum absolute atomic E-state index is 0.152. The Morgan fingerprint density at radius 1 is 1.25 bits per heavy atom. The molecule has 0 radical (unpaired) electrons. The maximum absolute atomic E-state index is 13.5. The van der Waals surface area contributed by atoms with Gasteiger partial charge in [-0.25, -0.2) is 4.98 Å². The van der Waals surface area contributed by atoms with E-state index in [2.05, 4.69) is 14.9 Å². The first-order valence-corrected chi connectivity index (χ1v) is 12.1. The summed E-state index contributed by atoms with van der Waals surface area (Å²) in [4.78, 5) is 25.2. The van der Waals surface area contributed by atoms with Crippen LogP contribution in [-0.4, -0.2) is 54.0 Å². The molecule has 0 unspecified atom stereocenters. The maximum Gasteiger partial charge on any atom is 0.417 e. The van der Waals surface area contributed by atoms with Crippen molar-refractivity contribution in [3.63, 3.8) is 0 Å². The summed E-state index contributed by atoms with van der Waals surface area (Å²) in [5, 5.41) is 0.554. The van der Waals surface area contributed by atoms with E-state index < -0.39 is 23.2 Å². The second kappa shape index (κ2) is 10.5. The van der Waals surface area contributed by atoms with Crippen LogP contribution >= 0.6 is 23.4 Å². The summed E-state index contributed by atoms with van der Waals surface area (Å²) < 4.78 is 46.6. The highest BCUT2D eigenvalue weighted by atomic mass is 35.5. The minimum Gasteiger partial charge on any atom is -0.472 e. The van der Waals surface area contributed by atoms with Crippen LogP contribution in [0.2, 0.25) is 5.02 Å². The molecule has 4 rings (SSSR count). The molecule has 1 fully saturated rings. The monoisotopic (exact) mass is 537 g/mol. The lowest BCUT2D eigenvalue weighted by atomic mass is 10.1. The third kappa shape index (κ3) is 6.03. The number of aromatic nitrogens is 2. The highest BCUT2D eigenvalue weighted by Gasteiger charge is 2.35. The summed E-state index contributed by atoms with van der Waals surface area (Å²) in [6, 6.07) is 10.9. The van der Waals surface area contributed by atoms with Gasteiger partial charge in [0.25, 0.3) is 0 Å². The van der Waals surface area contributed by atoms with Gasteiger partial charge in [-0.05, 0) is 50.0 Å². The summed E-state index contributed by atoms with van der Waals surface area (Å²) in [6.07, 6.45) is -3.22. The Bertz CT molecular complexity index is 1270. The van der Waals surface area contributed by atoms with E-state index in [4.69, 9.17) is 22.1 Å². The van der Waals surface area contributed by atoms with Crippen molar-refractivity contribution in [2.75, 3.05) is 32.1 Å². The van der Waals surface area contributed by atoms with Gasteiger partial charge in [0.05, 0.1) is 22.2 Å². The molecule has 0 spiro atoms. The average molecular weight is 538 g/mol. The van der Waals surface area contributed by atoms with Gasteiger partial charge in [0.15, 0.2) is 0 Å². The van der Waals surface area contributed by atoms with Gasteiger partial charge >= 0.3 is 6.18 Å². The summed E-state index contributed by atoms with van der Waals surface area (Å²) >= 11 is 7.06. The highest BCUT2D eigenvalue weighted by molar-refractivity contribution is 7.99. The van der Waals surface area contributed by atoms with Gasteiger partial charge in [0, 0.05) is 29.0 Å². The normalized spacial score (nSPS) is 14.1. The number of hydrogen-bond acceptors (Lipinski definition) is 7. The first-order valence-electron chi connectivity index (χ1n) is 10.9. The molecule has 1 aliphatic heterocycles. The number of primary amides is 1. The fourth-order valence-electron chi connectivity index (χ4n) is 3.56. The number of carbonyl (C=O) groups excluding carboxylic acids is 1. The number of benzene rings is 2. The Morgan fingerprint density at radius 3 is 2.64 bits per heavy atom. The molecule has 2 heterocycles. The first-order chi connectivity index (χ1) is 17.0. The van der Waals surface area contributed by atoms with Crippen molar-refractivity contribution in [3.8, 4) is 5.88 Å². The van der Waals surface area contributed by atoms with Gasteiger partial charge in [-0.1, -0.05) is 35.5 Å². The van der Waals surface area contributed by atoms with E-state index in [1.54, 1.807) is 18.2 Å². The Labute approximate surface area is 215 Å². The Hall–Kier alpha value is -3.02. The van der Waals surface area contributed by atoms with Crippen LogP contribution < -0.4 is 15.4 Å². The average Bonchev–Trinajstić information content (AvgIpc) is 2.77. The minimum atomic E-state index is -4.74. The lowest BCUT2D eigenvalue weighted by molar-refractivity contribution is -0.138. The van der Waals surface area contributed by atoms with Crippen molar-refractivity contribution >= 4 is 35.2 Å². The SMILES string of the molecule is CN(C)C1CN(c2ncc(Sc3ccc(C(N)=O)c(C(F)(F)F)c3)c(OCc3cccc(Cl)c3)n2)C1. The van der Waals surface area contributed by atoms with Crippen molar-refractivity contribution in [2.24, 2.45) is 5.73 Å². The van der Waals surface area contributed by atoms with Crippen LogP contribution in [0.1, 0.15) is 21.5 Å². The van der Waals surface area contributed by atoms with Gasteiger partial charge in [-0.2, -0.15) is 18.2 Å². The van der Waals surface area contributed by atoms with E-state index in [0.29, 0.717) is 21.9 Å². The zero-order valence-corrected chi connectivity index (χ0v) is 21.0. The number of halogens is 4. The summed E-state index contributed by atoms with van der Waals surface area (Å²) in [6.45, 7) is 1.65. The van der Waals surface area contributed by atoms with Crippen molar-refractivity contribution in [1.82, 2.24) is 14.9 Å². The zero-order valence-electron chi connectivity index (χ0n) is 19.4. The lowest BCUT2D eigenvalue weighted by Gasteiger charge is -2.42. The first kappa shape index (κ1) is 26.1. The second-order valence-electron chi connectivity index (χ2n) is 8.45. The quantitative estimate of drug-likeness (QED) is 0.445. The number of amides is 1. The fraction of sp³-hybridized carbons (Fsp3) is 0.292. The van der Waals surface area contributed by atoms with E-state index in [1.165, 1.54) is 12.3 Å². The number of anilines is 1. The van der Waals surface area contributed by atoms with Crippen LogP contribution in [0.3, 0.4) is 0 Å². The van der Waals surface area contributed by atoms with Gasteiger partial charge < -0.3 is 20.3 Å². The molecule has 1 aromatic heterocycles. The predicted molar refractivity (Wildman–Crippen MR) is 132 cm³/mol. The molecule has 0 aliphatic carbocycles. The number of carbonyl (C=O) groups is 1. The predicted octanol–water partition coefficient (Wildman–Crippen LogP) is 4.73. The van der Waals surface area contributed by atoms with E-state index >= 15 is 0 Å². The topological polar surface area (TPSA) is 84.6 Å². The number of likely N-dealkylation sites (N-methyl/N-ethyl adjacent to an activating group) is 1. The van der Waals surface area contributed by atoms with Crippen LogP contribution in [0.4, 0.5) is 19.1 Å². The molecular weight excluding hydrogens is 515 g/mol. The van der Waals surface area contributed by atoms with Gasteiger partial charge in [0.1, 0.15) is 6.61 Å². The van der Waals surface area contributed by atoms with E-state index in [0.717, 1.165) is 42.5 Å². The molecule has 1 aliphatic rings. The molecule has 36 heavy (non-hydrogen) atoms. The number of nitrogens with zero attached hydrogens (tertiary/aromatic N) is 4. The zero-order chi connectivity index (χ0) is 26.0. The summed E-state index contributed by atoms with van der Waals surface area (Å²) in [5.74, 6) is -0.452. The second-order valence-corrected chi connectivity index (χ2v) is 10.0. The third-order valence-electron chi connectivity index (χ3n) is 5.64. The lowest BCUT2D eigenvalue weighted by Crippen LogP contribution is -2.58. The summed E-state index contributed by atoms with van der Waals surface area (Å²) in [5.41, 5.74) is 4.24. The molecule has 2 N–H and O–H groups in total. The number of rotatable bonds is 8. The molecule has 0 atom stereocenters. The Morgan fingerprint density at radius 2 is 2.00 bits per heavy atom. The Balaban J connectivity index is 1.63.